The number of Topliss-reactive ketones (excluding diaryl/α,β-unsaturated/α-hetero) is 1. The van der Waals surface area contributed by atoms with Crippen molar-refractivity contribution in [2.24, 2.45) is 0 Å². The molecule has 0 atom stereocenters. The van der Waals surface area contributed by atoms with Crippen LogP contribution >= 0.6 is 11.5 Å². The molecule has 1 aromatic heterocycles. The Morgan fingerprint density at radius 2 is 2.21 bits per heavy atom. The zero-order chi connectivity index (χ0) is 10.6. The molecule has 0 aliphatic rings. The van der Waals surface area contributed by atoms with Gasteiger partial charge in [0.25, 0.3) is 0 Å². The minimum Gasteiger partial charge on any atom is -0.291 e. The van der Waals surface area contributed by atoms with Crippen LogP contribution in [0.2, 0.25) is 0 Å². The lowest BCUT2D eigenvalue weighted by atomic mass is 10.2. The quantitative estimate of drug-likeness (QED) is 0.704. The Bertz CT molecular complexity index is 307. The Balaban J connectivity index is 2.62. The summed E-state index contributed by atoms with van der Waals surface area (Å²) in [5, 5.41) is 0.571. The van der Waals surface area contributed by atoms with Crippen LogP contribution in [0.15, 0.2) is 0 Å². The van der Waals surface area contributed by atoms with Crippen LogP contribution in [0.4, 0.5) is 0 Å². The summed E-state index contributed by atoms with van der Waals surface area (Å²) >= 11 is 1.23. The van der Waals surface area contributed by atoms with E-state index >= 15 is 0 Å². The van der Waals surface area contributed by atoms with Gasteiger partial charge in [-0.25, -0.2) is 4.98 Å². The third kappa shape index (κ3) is 2.87. The summed E-state index contributed by atoms with van der Waals surface area (Å²) in [4.78, 5) is 15.8. The SMILES string of the molecule is CCCCC(=O)c1nc(C(C)C)ns1. The second-order valence-electron chi connectivity index (χ2n) is 3.64. The molecule has 0 amide bonds. The highest BCUT2D eigenvalue weighted by atomic mass is 32.1. The Hall–Kier alpha value is -0.770. The lowest BCUT2D eigenvalue weighted by Gasteiger charge is -1.95. The van der Waals surface area contributed by atoms with Gasteiger partial charge in [-0.15, -0.1) is 0 Å². The van der Waals surface area contributed by atoms with E-state index in [4.69, 9.17) is 0 Å². The van der Waals surface area contributed by atoms with Gasteiger partial charge in [-0.05, 0) is 18.0 Å². The van der Waals surface area contributed by atoms with Crippen LogP contribution in [-0.2, 0) is 0 Å². The van der Waals surface area contributed by atoms with Crippen molar-refractivity contribution in [3.63, 3.8) is 0 Å². The summed E-state index contributed by atoms with van der Waals surface area (Å²) in [5.74, 6) is 1.23. The zero-order valence-corrected chi connectivity index (χ0v) is 9.73. The van der Waals surface area contributed by atoms with E-state index in [2.05, 4.69) is 16.3 Å². The fraction of sp³-hybridized carbons (Fsp3) is 0.700. The van der Waals surface area contributed by atoms with Gasteiger partial charge in [-0.1, -0.05) is 27.2 Å². The Labute approximate surface area is 88.7 Å². The van der Waals surface area contributed by atoms with E-state index in [1.165, 1.54) is 11.5 Å². The molecule has 0 unspecified atom stereocenters. The zero-order valence-electron chi connectivity index (χ0n) is 8.91. The molecule has 3 nitrogen and oxygen atoms in total. The van der Waals surface area contributed by atoms with Crippen LogP contribution in [-0.4, -0.2) is 15.1 Å². The predicted molar refractivity (Wildman–Crippen MR) is 57.9 cm³/mol. The Morgan fingerprint density at radius 3 is 2.71 bits per heavy atom. The van der Waals surface area contributed by atoms with Gasteiger partial charge in [0.05, 0.1) is 0 Å². The normalized spacial score (nSPS) is 10.9. The van der Waals surface area contributed by atoms with Crippen LogP contribution in [0.5, 0.6) is 0 Å². The molecule has 0 N–H and O–H groups in total. The largest absolute Gasteiger partial charge is 0.291 e. The number of ketones is 1. The molecule has 1 aromatic rings. The molecule has 14 heavy (non-hydrogen) atoms. The minimum atomic E-state index is 0.135. The first kappa shape index (κ1) is 11.3. The van der Waals surface area contributed by atoms with Crippen LogP contribution in [0.1, 0.15) is 61.6 Å². The molecule has 4 heteroatoms. The van der Waals surface area contributed by atoms with Gasteiger partial charge >= 0.3 is 0 Å². The summed E-state index contributed by atoms with van der Waals surface area (Å²) < 4.78 is 4.15. The molecule has 0 aromatic carbocycles. The standard InChI is InChI=1S/C10H16N2OS/c1-4-5-6-8(13)10-11-9(7(2)3)12-14-10/h7H,4-6H2,1-3H3. The van der Waals surface area contributed by atoms with Crippen molar-refractivity contribution in [3.05, 3.63) is 10.8 Å². The van der Waals surface area contributed by atoms with Gasteiger partial charge in [-0.3, -0.25) is 4.79 Å². The maximum atomic E-state index is 11.5. The first-order valence-electron chi connectivity index (χ1n) is 5.02. The van der Waals surface area contributed by atoms with E-state index in [9.17, 15) is 4.79 Å². The van der Waals surface area contributed by atoms with Crippen LogP contribution in [0.25, 0.3) is 0 Å². The van der Waals surface area contributed by atoms with Gasteiger partial charge in [0.1, 0.15) is 5.82 Å². The second-order valence-corrected chi connectivity index (χ2v) is 4.39. The van der Waals surface area contributed by atoms with Crippen molar-refractivity contribution in [1.82, 2.24) is 9.36 Å². The molecule has 0 aliphatic heterocycles. The molecule has 0 fully saturated rings. The molecule has 0 aliphatic carbocycles. The number of unbranched alkanes of at least 4 members (excludes halogenated alkanes) is 1. The highest BCUT2D eigenvalue weighted by molar-refractivity contribution is 7.07. The molecule has 0 radical (unpaired) electrons. The van der Waals surface area contributed by atoms with Gasteiger partial charge in [-0.2, -0.15) is 4.37 Å². The van der Waals surface area contributed by atoms with Gasteiger partial charge in [0.2, 0.25) is 0 Å². The smallest absolute Gasteiger partial charge is 0.192 e. The molecule has 1 rings (SSSR count). The molecule has 0 spiro atoms. The fourth-order valence-corrected chi connectivity index (χ4v) is 1.80. The topological polar surface area (TPSA) is 42.9 Å². The Morgan fingerprint density at radius 1 is 1.50 bits per heavy atom. The third-order valence-electron chi connectivity index (χ3n) is 1.95. The van der Waals surface area contributed by atoms with Crippen LogP contribution < -0.4 is 0 Å². The van der Waals surface area contributed by atoms with Crippen molar-refractivity contribution in [2.75, 3.05) is 0 Å². The second kappa shape index (κ2) is 5.20. The number of nitrogens with zero attached hydrogens (tertiary/aromatic N) is 2. The van der Waals surface area contributed by atoms with E-state index in [0.717, 1.165) is 18.7 Å². The van der Waals surface area contributed by atoms with E-state index in [1.807, 2.05) is 13.8 Å². The highest BCUT2D eigenvalue weighted by Gasteiger charge is 2.13. The van der Waals surface area contributed by atoms with E-state index in [1.54, 1.807) is 0 Å². The number of hydrogen-bond acceptors (Lipinski definition) is 4. The molecular weight excluding hydrogens is 196 g/mol. The van der Waals surface area contributed by atoms with Crippen molar-refractivity contribution in [1.29, 1.82) is 0 Å². The first-order chi connectivity index (χ1) is 6.65. The van der Waals surface area contributed by atoms with E-state index < -0.39 is 0 Å². The average molecular weight is 212 g/mol. The number of carbonyl (C=O) groups excluding carboxylic acids is 1. The fourth-order valence-electron chi connectivity index (χ4n) is 1.03. The average Bonchev–Trinajstić information content (AvgIpc) is 2.62. The molecular formula is C10H16N2OS. The van der Waals surface area contributed by atoms with Crippen molar-refractivity contribution in [2.45, 2.75) is 46.0 Å². The summed E-state index contributed by atoms with van der Waals surface area (Å²) in [5.41, 5.74) is 0. The molecule has 78 valence electrons. The molecule has 1 heterocycles. The lowest BCUT2D eigenvalue weighted by molar-refractivity contribution is 0.0979. The molecule has 0 saturated carbocycles. The summed E-state index contributed by atoms with van der Waals surface area (Å²) in [6.45, 7) is 6.14. The number of aromatic nitrogens is 2. The monoisotopic (exact) mass is 212 g/mol. The van der Waals surface area contributed by atoms with Crippen molar-refractivity contribution in [3.8, 4) is 0 Å². The lowest BCUT2D eigenvalue weighted by Crippen LogP contribution is -1.99. The number of rotatable bonds is 5. The maximum Gasteiger partial charge on any atom is 0.192 e. The van der Waals surface area contributed by atoms with Gasteiger partial charge < -0.3 is 0 Å². The minimum absolute atomic E-state index is 0.135. The third-order valence-corrected chi connectivity index (χ3v) is 2.72. The van der Waals surface area contributed by atoms with Crippen LogP contribution in [0, 0.1) is 0 Å². The summed E-state index contributed by atoms with van der Waals surface area (Å²) in [6.07, 6.45) is 2.58. The number of hydrogen-bond donors (Lipinski definition) is 0. The summed E-state index contributed by atoms with van der Waals surface area (Å²) in [6, 6.07) is 0. The van der Waals surface area contributed by atoms with Crippen LogP contribution in [0.3, 0.4) is 0 Å². The number of carbonyl (C=O) groups is 1. The Kier molecular flexibility index (Phi) is 4.20. The van der Waals surface area contributed by atoms with E-state index in [0.29, 0.717) is 17.3 Å². The first-order valence-corrected chi connectivity index (χ1v) is 5.79. The molecule has 0 saturated heterocycles. The van der Waals surface area contributed by atoms with Gasteiger partial charge in [0, 0.05) is 12.3 Å². The highest BCUT2D eigenvalue weighted by Crippen LogP contribution is 2.15. The van der Waals surface area contributed by atoms with Crippen molar-refractivity contribution < 1.29 is 4.79 Å². The van der Waals surface area contributed by atoms with E-state index in [-0.39, 0.29) is 5.78 Å². The molecule has 0 bridgehead atoms. The summed E-state index contributed by atoms with van der Waals surface area (Å²) in [7, 11) is 0. The van der Waals surface area contributed by atoms with Crippen molar-refractivity contribution >= 4 is 17.3 Å². The van der Waals surface area contributed by atoms with Gasteiger partial charge in [0.15, 0.2) is 10.8 Å². The predicted octanol–water partition coefficient (Wildman–Crippen LogP) is 3.03. The maximum absolute atomic E-state index is 11.5.